The van der Waals surface area contributed by atoms with Crippen LogP contribution in [0, 0.1) is 9.39 Å². The van der Waals surface area contributed by atoms with Gasteiger partial charge in [0.1, 0.15) is 17.2 Å². The summed E-state index contributed by atoms with van der Waals surface area (Å²) < 4.78 is 19.7. The number of benzene rings is 2. The van der Waals surface area contributed by atoms with Crippen LogP contribution in [0.1, 0.15) is 24.2 Å². The quantitative estimate of drug-likeness (QED) is 0.435. The largest absolute Gasteiger partial charge is 0.465 e. The summed E-state index contributed by atoms with van der Waals surface area (Å²) in [5.41, 5.74) is 1.95. The van der Waals surface area contributed by atoms with Gasteiger partial charge in [-0.05, 0) is 60.7 Å². The minimum absolute atomic E-state index is 0.00377. The highest BCUT2D eigenvalue weighted by Crippen LogP contribution is 2.36. The van der Waals surface area contributed by atoms with E-state index in [2.05, 4.69) is 4.98 Å². The SMILES string of the molecule is COC(=O)c1c(N(c2ccc(I)c(F)c2)C(C)C)[nH]c2ccccc12. The van der Waals surface area contributed by atoms with Crippen molar-refractivity contribution in [3.05, 3.63) is 57.4 Å². The Morgan fingerprint density at radius 2 is 1.96 bits per heavy atom. The molecule has 0 unspecified atom stereocenters. The van der Waals surface area contributed by atoms with Gasteiger partial charge in [0, 0.05) is 26.2 Å². The number of para-hydroxylation sites is 1. The van der Waals surface area contributed by atoms with Crippen LogP contribution in [-0.2, 0) is 4.74 Å². The summed E-state index contributed by atoms with van der Waals surface area (Å²) in [6.45, 7) is 3.98. The van der Waals surface area contributed by atoms with E-state index in [1.54, 1.807) is 6.07 Å². The predicted molar refractivity (Wildman–Crippen MR) is 106 cm³/mol. The summed E-state index contributed by atoms with van der Waals surface area (Å²) in [6.07, 6.45) is 0. The third-order valence-corrected chi connectivity index (χ3v) is 4.89. The van der Waals surface area contributed by atoms with Crippen LogP contribution in [0.2, 0.25) is 0 Å². The molecule has 0 saturated carbocycles. The molecular formula is C19H18FIN2O2. The first-order valence-electron chi connectivity index (χ1n) is 7.87. The Labute approximate surface area is 159 Å². The molecule has 1 heterocycles. The highest BCUT2D eigenvalue weighted by atomic mass is 127. The maximum Gasteiger partial charge on any atom is 0.342 e. The Morgan fingerprint density at radius 1 is 1.24 bits per heavy atom. The number of carbonyl (C=O) groups excluding carboxylic acids is 1. The number of fused-ring (bicyclic) bond motifs is 1. The number of H-pyrrole nitrogens is 1. The lowest BCUT2D eigenvalue weighted by atomic mass is 10.1. The number of anilines is 2. The first kappa shape index (κ1) is 17.7. The van der Waals surface area contributed by atoms with Crippen LogP contribution >= 0.6 is 22.6 Å². The maximum absolute atomic E-state index is 14.1. The van der Waals surface area contributed by atoms with Gasteiger partial charge in [0.15, 0.2) is 0 Å². The van der Waals surface area contributed by atoms with Gasteiger partial charge in [-0.25, -0.2) is 9.18 Å². The molecule has 3 aromatic rings. The van der Waals surface area contributed by atoms with E-state index < -0.39 is 5.97 Å². The molecular weight excluding hydrogens is 434 g/mol. The maximum atomic E-state index is 14.1. The number of halogens is 2. The fourth-order valence-corrected chi connectivity index (χ4v) is 3.27. The molecule has 0 amide bonds. The molecule has 25 heavy (non-hydrogen) atoms. The summed E-state index contributed by atoms with van der Waals surface area (Å²) >= 11 is 1.96. The van der Waals surface area contributed by atoms with Crippen molar-refractivity contribution < 1.29 is 13.9 Å². The number of rotatable bonds is 4. The monoisotopic (exact) mass is 452 g/mol. The lowest BCUT2D eigenvalue weighted by molar-refractivity contribution is 0.0604. The van der Waals surface area contributed by atoms with Gasteiger partial charge in [0.25, 0.3) is 0 Å². The van der Waals surface area contributed by atoms with Crippen LogP contribution in [0.4, 0.5) is 15.9 Å². The summed E-state index contributed by atoms with van der Waals surface area (Å²) in [5, 5.41) is 0.779. The van der Waals surface area contributed by atoms with Crippen LogP contribution in [0.3, 0.4) is 0 Å². The second-order valence-corrected chi connectivity index (χ2v) is 7.11. The molecule has 1 aromatic heterocycles. The molecule has 0 saturated heterocycles. The van der Waals surface area contributed by atoms with E-state index >= 15 is 0 Å². The number of ether oxygens (including phenoxy) is 1. The zero-order valence-electron chi connectivity index (χ0n) is 14.1. The van der Waals surface area contributed by atoms with Crippen molar-refractivity contribution in [2.75, 3.05) is 12.0 Å². The molecule has 0 aliphatic heterocycles. The van der Waals surface area contributed by atoms with Crippen molar-refractivity contribution >= 4 is 51.0 Å². The van der Waals surface area contributed by atoms with Crippen LogP contribution < -0.4 is 4.90 Å². The van der Waals surface area contributed by atoms with Crippen molar-refractivity contribution in [3.63, 3.8) is 0 Å². The fraction of sp³-hybridized carbons (Fsp3) is 0.211. The first-order chi connectivity index (χ1) is 11.9. The van der Waals surface area contributed by atoms with Crippen molar-refractivity contribution in [2.45, 2.75) is 19.9 Å². The summed E-state index contributed by atoms with van der Waals surface area (Å²) in [6, 6.07) is 12.6. The van der Waals surface area contributed by atoms with Gasteiger partial charge in [-0.3, -0.25) is 0 Å². The first-order valence-corrected chi connectivity index (χ1v) is 8.95. The lowest BCUT2D eigenvalue weighted by Crippen LogP contribution is -2.27. The molecule has 0 aliphatic carbocycles. The Bertz CT molecular complexity index is 936. The van der Waals surface area contributed by atoms with Crippen LogP contribution in [0.25, 0.3) is 10.9 Å². The molecule has 0 atom stereocenters. The molecule has 2 aromatic carbocycles. The summed E-state index contributed by atoms with van der Waals surface area (Å²) in [4.78, 5) is 17.6. The minimum Gasteiger partial charge on any atom is -0.465 e. The molecule has 1 N–H and O–H groups in total. The van der Waals surface area contributed by atoms with E-state index in [4.69, 9.17) is 4.74 Å². The average molecular weight is 452 g/mol. The topological polar surface area (TPSA) is 45.3 Å². The number of methoxy groups -OCH3 is 1. The number of aromatic amines is 1. The van der Waals surface area contributed by atoms with E-state index in [1.165, 1.54) is 13.2 Å². The van der Waals surface area contributed by atoms with Crippen LogP contribution in [0.15, 0.2) is 42.5 Å². The Balaban J connectivity index is 2.26. The number of hydrogen-bond donors (Lipinski definition) is 1. The normalized spacial score (nSPS) is 11.1. The highest BCUT2D eigenvalue weighted by Gasteiger charge is 2.26. The number of carbonyl (C=O) groups is 1. The molecule has 0 spiro atoms. The van der Waals surface area contributed by atoms with Crippen molar-refractivity contribution in [3.8, 4) is 0 Å². The van der Waals surface area contributed by atoms with Gasteiger partial charge >= 0.3 is 5.97 Å². The fourth-order valence-electron chi connectivity index (χ4n) is 2.94. The van der Waals surface area contributed by atoms with Crippen LogP contribution in [0.5, 0.6) is 0 Å². The Kier molecular flexibility index (Phi) is 4.99. The van der Waals surface area contributed by atoms with Gasteiger partial charge in [0.05, 0.1) is 7.11 Å². The molecule has 130 valence electrons. The molecule has 3 rings (SSSR count). The summed E-state index contributed by atoms with van der Waals surface area (Å²) in [7, 11) is 1.36. The zero-order chi connectivity index (χ0) is 18.1. The number of nitrogens with one attached hydrogen (secondary N) is 1. The molecule has 0 fully saturated rings. The summed E-state index contributed by atoms with van der Waals surface area (Å²) in [5.74, 6) is -0.118. The van der Waals surface area contributed by atoms with Crippen molar-refractivity contribution in [2.24, 2.45) is 0 Å². The van der Waals surface area contributed by atoms with Gasteiger partial charge in [-0.1, -0.05) is 18.2 Å². The van der Waals surface area contributed by atoms with E-state index in [-0.39, 0.29) is 11.9 Å². The highest BCUT2D eigenvalue weighted by molar-refractivity contribution is 14.1. The van der Waals surface area contributed by atoms with E-state index in [1.807, 2.05) is 71.7 Å². The second-order valence-electron chi connectivity index (χ2n) is 5.95. The van der Waals surface area contributed by atoms with Gasteiger partial charge in [-0.15, -0.1) is 0 Å². The zero-order valence-corrected chi connectivity index (χ0v) is 16.3. The smallest absolute Gasteiger partial charge is 0.342 e. The van der Waals surface area contributed by atoms with Crippen molar-refractivity contribution in [1.82, 2.24) is 4.98 Å². The molecule has 0 radical (unpaired) electrons. The third kappa shape index (κ3) is 3.22. The average Bonchev–Trinajstić information content (AvgIpc) is 2.96. The lowest BCUT2D eigenvalue weighted by Gasteiger charge is -2.28. The Morgan fingerprint density at radius 3 is 2.60 bits per heavy atom. The van der Waals surface area contributed by atoms with Gasteiger partial charge in [-0.2, -0.15) is 0 Å². The molecule has 0 bridgehead atoms. The van der Waals surface area contributed by atoms with Gasteiger partial charge < -0.3 is 14.6 Å². The van der Waals surface area contributed by atoms with E-state index in [9.17, 15) is 9.18 Å². The standard InChI is InChI=1S/C19H18FIN2O2/c1-11(2)23(12-8-9-15(21)14(20)10-12)18-17(19(24)25-3)13-6-4-5-7-16(13)22-18/h4-11,22H,1-3H3. The Hall–Kier alpha value is -2.09. The van der Waals surface area contributed by atoms with E-state index in [0.717, 1.165) is 10.9 Å². The van der Waals surface area contributed by atoms with Gasteiger partial charge in [0.2, 0.25) is 0 Å². The molecule has 0 aliphatic rings. The number of nitrogens with zero attached hydrogens (tertiary/aromatic N) is 1. The molecule has 4 nitrogen and oxygen atoms in total. The second kappa shape index (κ2) is 7.03. The van der Waals surface area contributed by atoms with Crippen LogP contribution in [-0.4, -0.2) is 24.1 Å². The predicted octanol–water partition coefficient (Wildman–Crippen LogP) is 5.24. The van der Waals surface area contributed by atoms with E-state index in [0.29, 0.717) is 20.6 Å². The van der Waals surface area contributed by atoms with Crippen molar-refractivity contribution in [1.29, 1.82) is 0 Å². The number of hydrogen-bond acceptors (Lipinski definition) is 3. The minimum atomic E-state index is -0.427. The molecule has 6 heteroatoms. The number of esters is 1. The number of aromatic nitrogens is 1. The third-order valence-electron chi connectivity index (χ3n) is 4.01.